The third-order valence-electron chi connectivity index (χ3n) is 5.02. The van der Waals surface area contributed by atoms with Gasteiger partial charge in [-0.15, -0.1) is 0 Å². The van der Waals surface area contributed by atoms with Crippen LogP contribution in [-0.2, 0) is 0 Å². The molecule has 0 fully saturated rings. The Morgan fingerprint density at radius 2 is 1.82 bits per heavy atom. The van der Waals surface area contributed by atoms with Crippen molar-refractivity contribution in [1.29, 1.82) is 5.26 Å². The molecule has 2 N–H and O–H groups in total. The van der Waals surface area contributed by atoms with E-state index < -0.39 is 0 Å². The van der Waals surface area contributed by atoms with E-state index in [2.05, 4.69) is 21.4 Å². The summed E-state index contributed by atoms with van der Waals surface area (Å²) < 4.78 is 16.3. The second-order valence-corrected chi connectivity index (χ2v) is 7.13. The van der Waals surface area contributed by atoms with Crippen LogP contribution in [-0.4, -0.2) is 36.7 Å². The molecule has 166 valence electrons. The van der Waals surface area contributed by atoms with Crippen LogP contribution in [0.5, 0.6) is 17.2 Å². The molecule has 8 heteroatoms. The largest absolute Gasteiger partial charge is 0.497 e. The average molecular weight is 442 g/mol. The van der Waals surface area contributed by atoms with Gasteiger partial charge in [0, 0.05) is 17.3 Å². The maximum absolute atomic E-state index is 12.9. The van der Waals surface area contributed by atoms with Crippen LogP contribution >= 0.6 is 0 Å². The number of nitrogens with zero attached hydrogens (tertiary/aromatic N) is 2. The standard InChI is InChI=1S/C25H22N4O4/c1-4-33-23-8-6-17(27-25(30)16-10-18(31-2)13-19(11-16)32-3)12-20(23)24-28-21-7-5-15(14-26)9-22(21)29-24/h5-13H,4H2,1-3H3,(H,27,30)(H,28,29). The minimum atomic E-state index is -0.314. The highest BCUT2D eigenvalue weighted by Gasteiger charge is 2.15. The first-order valence-electron chi connectivity index (χ1n) is 10.3. The molecule has 0 aliphatic carbocycles. The van der Waals surface area contributed by atoms with Crippen LogP contribution in [0.3, 0.4) is 0 Å². The van der Waals surface area contributed by atoms with Crippen molar-refractivity contribution in [3.63, 3.8) is 0 Å². The number of nitriles is 1. The zero-order valence-electron chi connectivity index (χ0n) is 18.4. The number of aromatic amines is 1. The highest BCUT2D eigenvalue weighted by molar-refractivity contribution is 6.05. The number of hydrogen-bond acceptors (Lipinski definition) is 6. The predicted molar refractivity (Wildman–Crippen MR) is 125 cm³/mol. The second kappa shape index (κ2) is 9.32. The monoisotopic (exact) mass is 442 g/mol. The highest BCUT2D eigenvalue weighted by atomic mass is 16.5. The van der Waals surface area contributed by atoms with Crippen LogP contribution in [0.25, 0.3) is 22.4 Å². The van der Waals surface area contributed by atoms with E-state index >= 15 is 0 Å². The fourth-order valence-electron chi connectivity index (χ4n) is 3.42. The molecule has 0 aliphatic heterocycles. The Labute approximate surface area is 190 Å². The van der Waals surface area contributed by atoms with Gasteiger partial charge in [0.15, 0.2) is 0 Å². The molecule has 4 rings (SSSR count). The van der Waals surface area contributed by atoms with Gasteiger partial charge < -0.3 is 24.5 Å². The molecule has 0 saturated heterocycles. The van der Waals surface area contributed by atoms with Crippen LogP contribution < -0.4 is 19.5 Å². The Hall–Kier alpha value is -4.51. The lowest BCUT2D eigenvalue weighted by Gasteiger charge is -2.12. The summed E-state index contributed by atoms with van der Waals surface area (Å²) >= 11 is 0. The zero-order chi connectivity index (χ0) is 23.4. The summed E-state index contributed by atoms with van der Waals surface area (Å²) in [5.41, 5.74) is 3.66. The lowest BCUT2D eigenvalue weighted by atomic mass is 10.1. The first-order chi connectivity index (χ1) is 16.0. The van der Waals surface area contributed by atoms with Gasteiger partial charge in [0.1, 0.15) is 23.1 Å². The molecule has 3 aromatic carbocycles. The van der Waals surface area contributed by atoms with Crippen molar-refractivity contribution in [3.8, 4) is 34.7 Å². The van der Waals surface area contributed by atoms with Gasteiger partial charge in [-0.1, -0.05) is 0 Å². The topological polar surface area (TPSA) is 109 Å². The molecule has 4 aromatic rings. The molecule has 0 spiro atoms. The highest BCUT2D eigenvalue weighted by Crippen LogP contribution is 2.33. The van der Waals surface area contributed by atoms with Crippen LogP contribution in [0.4, 0.5) is 5.69 Å². The van der Waals surface area contributed by atoms with Crippen LogP contribution in [0.1, 0.15) is 22.8 Å². The smallest absolute Gasteiger partial charge is 0.255 e. The number of imidazole rings is 1. The second-order valence-electron chi connectivity index (χ2n) is 7.13. The maximum Gasteiger partial charge on any atom is 0.255 e. The van der Waals surface area contributed by atoms with Crippen LogP contribution in [0.2, 0.25) is 0 Å². The number of aromatic nitrogens is 2. The molecule has 0 atom stereocenters. The van der Waals surface area contributed by atoms with Gasteiger partial charge in [0.25, 0.3) is 5.91 Å². The van der Waals surface area contributed by atoms with E-state index in [1.807, 2.05) is 6.92 Å². The van der Waals surface area contributed by atoms with Crippen LogP contribution in [0, 0.1) is 11.3 Å². The first-order valence-corrected chi connectivity index (χ1v) is 10.3. The molecule has 0 bridgehead atoms. The molecule has 0 aliphatic rings. The lowest BCUT2D eigenvalue weighted by Crippen LogP contribution is -2.12. The summed E-state index contributed by atoms with van der Waals surface area (Å²) in [6.07, 6.45) is 0. The van der Waals surface area contributed by atoms with E-state index in [1.54, 1.807) is 54.6 Å². The quantitative estimate of drug-likeness (QED) is 0.427. The van der Waals surface area contributed by atoms with Gasteiger partial charge in [0.05, 0.1) is 49.1 Å². The maximum atomic E-state index is 12.9. The summed E-state index contributed by atoms with van der Waals surface area (Å²) in [6.45, 7) is 2.37. The summed E-state index contributed by atoms with van der Waals surface area (Å²) in [5.74, 6) is 1.92. The van der Waals surface area contributed by atoms with E-state index in [9.17, 15) is 4.79 Å². The van der Waals surface area contributed by atoms with Crippen LogP contribution in [0.15, 0.2) is 54.6 Å². The molecule has 1 heterocycles. The van der Waals surface area contributed by atoms with E-state index in [0.717, 1.165) is 11.0 Å². The Morgan fingerprint density at radius 3 is 2.48 bits per heavy atom. The minimum absolute atomic E-state index is 0.314. The van der Waals surface area contributed by atoms with Crippen molar-refractivity contribution in [2.24, 2.45) is 0 Å². The number of carbonyl (C=O) groups excluding carboxylic acids is 1. The van der Waals surface area contributed by atoms with Crippen molar-refractivity contribution < 1.29 is 19.0 Å². The summed E-state index contributed by atoms with van der Waals surface area (Å²) in [7, 11) is 3.06. The number of hydrogen-bond donors (Lipinski definition) is 2. The molecule has 33 heavy (non-hydrogen) atoms. The van der Waals surface area contributed by atoms with E-state index in [1.165, 1.54) is 14.2 Å². The van der Waals surface area contributed by atoms with Gasteiger partial charge in [-0.3, -0.25) is 4.79 Å². The molecule has 0 saturated carbocycles. The number of ether oxygens (including phenoxy) is 3. The molecule has 0 unspecified atom stereocenters. The van der Waals surface area contributed by atoms with Crippen molar-refractivity contribution in [3.05, 3.63) is 65.7 Å². The van der Waals surface area contributed by atoms with Crippen molar-refractivity contribution >= 4 is 22.6 Å². The number of benzene rings is 3. The fraction of sp³-hybridized carbons (Fsp3) is 0.160. The number of fused-ring (bicyclic) bond motifs is 1. The third-order valence-corrected chi connectivity index (χ3v) is 5.02. The molecule has 1 amide bonds. The number of anilines is 1. The average Bonchev–Trinajstić information content (AvgIpc) is 3.27. The molecular formula is C25H22N4O4. The first kappa shape index (κ1) is 21.7. The van der Waals surface area contributed by atoms with Gasteiger partial charge in [-0.2, -0.15) is 5.26 Å². The molecule has 0 radical (unpaired) electrons. The van der Waals surface area contributed by atoms with E-state index in [4.69, 9.17) is 19.5 Å². The van der Waals surface area contributed by atoms with Crippen molar-refractivity contribution in [2.45, 2.75) is 6.92 Å². The summed E-state index contributed by atoms with van der Waals surface area (Å²) in [4.78, 5) is 20.8. The van der Waals surface area contributed by atoms with Gasteiger partial charge in [-0.05, 0) is 55.5 Å². The fourth-order valence-corrected chi connectivity index (χ4v) is 3.42. The lowest BCUT2D eigenvalue weighted by molar-refractivity contribution is 0.102. The number of methoxy groups -OCH3 is 2. The molecule has 1 aromatic heterocycles. The SMILES string of the molecule is CCOc1ccc(NC(=O)c2cc(OC)cc(OC)c2)cc1-c1nc2ccc(C#N)cc2[nH]1. The Morgan fingerprint density at radius 1 is 1.06 bits per heavy atom. The number of nitrogens with one attached hydrogen (secondary N) is 2. The van der Waals surface area contributed by atoms with Crippen molar-refractivity contribution in [2.75, 3.05) is 26.1 Å². The predicted octanol–water partition coefficient (Wildman–Crippen LogP) is 4.77. The van der Waals surface area contributed by atoms with Gasteiger partial charge >= 0.3 is 0 Å². The molecule has 8 nitrogen and oxygen atoms in total. The Balaban J connectivity index is 1.70. The number of H-pyrrole nitrogens is 1. The van der Waals surface area contributed by atoms with E-state index in [0.29, 0.717) is 52.1 Å². The van der Waals surface area contributed by atoms with Gasteiger partial charge in [0.2, 0.25) is 0 Å². The summed E-state index contributed by atoms with van der Waals surface area (Å²) in [5, 5.41) is 12.1. The minimum Gasteiger partial charge on any atom is -0.497 e. The van der Waals surface area contributed by atoms with Crippen molar-refractivity contribution in [1.82, 2.24) is 9.97 Å². The summed E-state index contributed by atoms with van der Waals surface area (Å²) in [6, 6.07) is 17.7. The number of carbonyl (C=O) groups is 1. The number of rotatable bonds is 7. The zero-order valence-corrected chi connectivity index (χ0v) is 18.4. The number of amides is 1. The molecular weight excluding hydrogens is 420 g/mol. The Kier molecular flexibility index (Phi) is 6.13. The Bertz CT molecular complexity index is 1350. The van der Waals surface area contributed by atoms with E-state index in [-0.39, 0.29) is 5.91 Å². The van der Waals surface area contributed by atoms with Gasteiger partial charge in [-0.25, -0.2) is 4.98 Å². The third kappa shape index (κ3) is 4.57. The normalized spacial score (nSPS) is 10.5.